The lowest BCUT2D eigenvalue weighted by Crippen LogP contribution is -2.36. The minimum Gasteiger partial charge on any atom is -0.383 e. The number of nitrogens with one attached hydrogen (secondary N) is 1. The molecule has 0 aromatic heterocycles. The van der Waals surface area contributed by atoms with Gasteiger partial charge in [0.1, 0.15) is 5.82 Å². The van der Waals surface area contributed by atoms with Gasteiger partial charge in [-0.2, -0.15) is 0 Å². The normalized spacial score (nSPS) is 12.2. The van der Waals surface area contributed by atoms with Crippen molar-refractivity contribution in [1.82, 2.24) is 5.32 Å². The number of ether oxygens (including phenoxy) is 1. The number of amides is 1. The Labute approximate surface area is 121 Å². The Hall–Kier alpha value is -0.780. The van der Waals surface area contributed by atoms with Crippen molar-refractivity contribution in [3.05, 3.63) is 34.6 Å². The minimum absolute atomic E-state index is 0.0323. The Balaban J connectivity index is 2.36. The van der Waals surface area contributed by atoms with E-state index in [-0.39, 0.29) is 23.5 Å². The number of hydrogen-bond acceptors (Lipinski definition) is 3. The number of rotatable bonds is 7. The van der Waals surface area contributed by atoms with Crippen LogP contribution in [0.25, 0.3) is 0 Å². The zero-order chi connectivity index (χ0) is 14.3. The molecule has 1 aromatic rings. The van der Waals surface area contributed by atoms with Crippen molar-refractivity contribution in [2.24, 2.45) is 0 Å². The highest BCUT2D eigenvalue weighted by molar-refractivity contribution is 7.99. The van der Waals surface area contributed by atoms with E-state index in [4.69, 9.17) is 16.3 Å². The zero-order valence-electron chi connectivity index (χ0n) is 10.9. The van der Waals surface area contributed by atoms with Crippen molar-refractivity contribution in [2.75, 3.05) is 19.5 Å². The third kappa shape index (κ3) is 5.80. The lowest BCUT2D eigenvalue weighted by molar-refractivity contribution is -0.119. The fraction of sp³-hybridized carbons (Fsp3) is 0.462. The molecule has 1 N–H and O–H groups in total. The Kier molecular flexibility index (Phi) is 7.20. The quantitative estimate of drug-likeness (QED) is 0.842. The predicted octanol–water partition coefficient (Wildman–Crippen LogP) is 2.86. The molecule has 0 radical (unpaired) electrons. The smallest absolute Gasteiger partial charge is 0.230 e. The van der Waals surface area contributed by atoms with Crippen molar-refractivity contribution in [1.29, 1.82) is 0 Å². The van der Waals surface area contributed by atoms with Crippen LogP contribution in [0.5, 0.6) is 0 Å². The second-order valence-corrected chi connectivity index (χ2v) is 5.51. The molecule has 0 heterocycles. The van der Waals surface area contributed by atoms with E-state index < -0.39 is 0 Å². The van der Waals surface area contributed by atoms with Gasteiger partial charge >= 0.3 is 0 Å². The molecule has 6 heteroatoms. The van der Waals surface area contributed by atoms with Gasteiger partial charge in [-0.05, 0) is 19.1 Å². The van der Waals surface area contributed by atoms with Gasteiger partial charge in [-0.3, -0.25) is 4.79 Å². The summed E-state index contributed by atoms with van der Waals surface area (Å²) >= 11 is 7.23. The van der Waals surface area contributed by atoms with Crippen molar-refractivity contribution in [3.63, 3.8) is 0 Å². The van der Waals surface area contributed by atoms with E-state index >= 15 is 0 Å². The predicted molar refractivity (Wildman–Crippen MR) is 77.1 cm³/mol. The first-order chi connectivity index (χ1) is 9.04. The summed E-state index contributed by atoms with van der Waals surface area (Å²) in [6.45, 7) is 2.33. The fourth-order valence-electron chi connectivity index (χ4n) is 1.52. The highest BCUT2D eigenvalue weighted by atomic mass is 35.5. The van der Waals surface area contributed by atoms with E-state index in [0.717, 1.165) is 0 Å². The topological polar surface area (TPSA) is 38.3 Å². The van der Waals surface area contributed by atoms with Crippen LogP contribution in [0.3, 0.4) is 0 Å². The molecular weight excluding hydrogens is 289 g/mol. The van der Waals surface area contributed by atoms with Crippen LogP contribution < -0.4 is 5.32 Å². The van der Waals surface area contributed by atoms with Crippen molar-refractivity contribution in [3.8, 4) is 0 Å². The summed E-state index contributed by atoms with van der Waals surface area (Å²) in [4.78, 5) is 11.6. The van der Waals surface area contributed by atoms with Gasteiger partial charge in [-0.1, -0.05) is 17.7 Å². The maximum absolute atomic E-state index is 13.5. The molecule has 106 valence electrons. The molecular formula is C13H17ClFNO2S. The molecule has 0 aliphatic rings. The largest absolute Gasteiger partial charge is 0.383 e. The van der Waals surface area contributed by atoms with Gasteiger partial charge in [0.25, 0.3) is 0 Å². The van der Waals surface area contributed by atoms with Crippen LogP contribution in [0.1, 0.15) is 12.5 Å². The van der Waals surface area contributed by atoms with Crippen LogP contribution >= 0.6 is 23.4 Å². The first-order valence-electron chi connectivity index (χ1n) is 5.83. The highest BCUT2D eigenvalue weighted by Gasteiger charge is 2.10. The molecule has 1 amide bonds. The first-order valence-corrected chi connectivity index (χ1v) is 7.36. The highest BCUT2D eigenvalue weighted by Crippen LogP contribution is 2.23. The Morgan fingerprint density at radius 2 is 2.32 bits per heavy atom. The average molecular weight is 306 g/mol. The van der Waals surface area contributed by atoms with Gasteiger partial charge in [0.15, 0.2) is 0 Å². The molecule has 0 unspecified atom stereocenters. The van der Waals surface area contributed by atoms with E-state index in [1.54, 1.807) is 19.2 Å². The lowest BCUT2D eigenvalue weighted by atomic mass is 10.2. The summed E-state index contributed by atoms with van der Waals surface area (Å²) in [7, 11) is 1.58. The molecule has 0 saturated carbocycles. The molecule has 0 aliphatic carbocycles. The Bertz CT molecular complexity index is 411. The molecule has 3 nitrogen and oxygen atoms in total. The number of carbonyl (C=O) groups excluding carboxylic acids is 1. The molecule has 19 heavy (non-hydrogen) atoms. The summed E-state index contributed by atoms with van der Waals surface area (Å²) < 4.78 is 18.4. The lowest BCUT2D eigenvalue weighted by Gasteiger charge is -2.12. The summed E-state index contributed by atoms with van der Waals surface area (Å²) in [6, 6.07) is 4.53. The van der Waals surface area contributed by atoms with Crippen LogP contribution in [0, 0.1) is 5.82 Å². The van der Waals surface area contributed by atoms with Crippen LogP contribution in [0.15, 0.2) is 18.2 Å². The minimum atomic E-state index is -0.340. The molecule has 0 saturated heterocycles. The number of benzene rings is 1. The fourth-order valence-corrected chi connectivity index (χ4v) is 2.70. The van der Waals surface area contributed by atoms with Crippen LogP contribution in [-0.2, 0) is 15.3 Å². The summed E-state index contributed by atoms with van der Waals surface area (Å²) in [5.74, 6) is 0.200. The Morgan fingerprint density at radius 3 is 2.95 bits per heavy atom. The van der Waals surface area contributed by atoms with Gasteiger partial charge in [0.05, 0.1) is 12.4 Å². The van der Waals surface area contributed by atoms with Gasteiger partial charge in [-0.25, -0.2) is 4.39 Å². The van der Waals surface area contributed by atoms with Crippen molar-refractivity contribution >= 4 is 29.3 Å². The molecule has 0 aliphatic heterocycles. The Morgan fingerprint density at radius 1 is 1.58 bits per heavy atom. The number of carbonyl (C=O) groups is 1. The van der Waals surface area contributed by atoms with Gasteiger partial charge < -0.3 is 10.1 Å². The first kappa shape index (κ1) is 16.3. The standard InChI is InChI=1S/C13H17ClFNO2S/c1-9(6-18-2)16-13(17)8-19-7-10-11(14)4-3-5-12(10)15/h3-5,9H,6-8H2,1-2H3,(H,16,17)/t9-/m1/s1. The van der Waals surface area contributed by atoms with Crippen LogP contribution in [0.4, 0.5) is 4.39 Å². The number of hydrogen-bond donors (Lipinski definition) is 1. The molecule has 1 aromatic carbocycles. The van der Waals surface area contributed by atoms with Crippen LogP contribution in [0.2, 0.25) is 5.02 Å². The van der Waals surface area contributed by atoms with Gasteiger partial charge in [0, 0.05) is 29.5 Å². The SMILES string of the molecule is COC[C@@H](C)NC(=O)CSCc1c(F)cccc1Cl. The number of thioether (sulfide) groups is 1. The molecule has 1 rings (SSSR count). The van der Waals surface area contributed by atoms with Crippen LogP contribution in [-0.4, -0.2) is 31.4 Å². The number of methoxy groups -OCH3 is 1. The van der Waals surface area contributed by atoms with Crippen molar-refractivity contribution in [2.45, 2.75) is 18.7 Å². The van der Waals surface area contributed by atoms with Gasteiger partial charge in [0.2, 0.25) is 5.91 Å². The summed E-state index contributed by atoms with van der Waals surface area (Å²) in [5, 5.41) is 3.17. The molecule has 0 bridgehead atoms. The second kappa shape index (κ2) is 8.40. The van der Waals surface area contributed by atoms with E-state index in [9.17, 15) is 9.18 Å². The monoisotopic (exact) mass is 305 g/mol. The second-order valence-electron chi connectivity index (χ2n) is 4.12. The zero-order valence-corrected chi connectivity index (χ0v) is 12.5. The third-order valence-electron chi connectivity index (χ3n) is 2.37. The number of halogens is 2. The third-order valence-corrected chi connectivity index (χ3v) is 3.68. The summed E-state index contributed by atoms with van der Waals surface area (Å²) in [6.07, 6.45) is 0. The van der Waals surface area contributed by atoms with Gasteiger partial charge in [-0.15, -0.1) is 11.8 Å². The van der Waals surface area contributed by atoms with Crippen molar-refractivity contribution < 1.29 is 13.9 Å². The van der Waals surface area contributed by atoms with E-state index in [2.05, 4.69) is 5.32 Å². The molecule has 0 fully saturated rings. The average Bonchev–Trinajstić information content (AvgIpc) is 2.33. The maximum atomic E-state index is 13.5. The summed E-state index contributed by atoms with van der Waals surface area (Å²) in [5.41, 5.74) is 0.437. The van der Waals surface area contributed by atoms with E-state index in [1.807, 2.05) is 6.92 Å². The van der Waals surface area contributed by atoms with E-state index in [1.165, 1.54) is 17.8 Å². The molecule has 0 spiro atoms. The van der Waals surface area contributed by atoms with E-state index in [0.29, 0.717) is 22.9 Å². The molecule has 1 atom stereocenters. The maximum Gasteiger partial charge on any atom is 0.230 e.